The maximum Gasteiger partial charge on any atom is 0.239 e. The Bertz CT molecular complexity index is 718. The van der Waals surface area contributed by atoms with Crippen LogP contribution in [-0.4, -0.2) is 62.1 Å². The van der Waals surface area contributed by atoms with Gasteiger partial charge in [0.15, 0.2) is 0 Å². The second-order valence-corrected chi connectivity index (χ2v) is 6.40. The van der Waals surface area contributed by atoms with Gasteiger partial charge >= 0.3 is 0 Å². The van der Waals surface area contributed by atoms with Gasteiger partial charge in [-0.2, -0.15) is 4.98 Å². The fourth-order valence-corrected chi connectivity index (χ4v) is 2.96. The lowest BCUT2D eigenvalue weighted by molar-refractivity contribution is -0.108. The number of aromatic nitrogens is 1. The number of carbonyl (C=O) groups excluding carboxylic acids is 1. The molecule has 1 aliphatic heterocycles. The van der Waals surface area contributed by atoms with Crippen molar-refractivity contribution in [3.63, 3.8) is 0 Å². The highest BCUT2D eigenvalue weighted by molar-refractivity contribution is 5.55. The van der Waals surface area contributed by atoms with Crippen molar-refractivity contribution >= 4 is 17.8 Å². The summed E-state index contributed by atoms with van der Waals surface area (Å²) in [7, 11) is 0. The van der Waals surface area contributed by atoms with E-state index >= 15 is 0 Å². The van der Waals surface area contributed by atoms with E-state index in [0.717, 1.165) is 43.8 Å². The molecule has 0 unspecified atom stereocenters. The Morgan fingerprint density at radius 3 is 2.56 bits per heavy atom. The Kier molecular flexibility index (Phi) is 7.01. The summed E-state index contributed by atoms with van der Waals surface area (Å²) in [5.74, 6) is 1.28. The van der Waals surface area contributed by atoms with Crippen molar-refractivity contribution in [1.82, 2.24) is 9.88 Å². The Labute approximate surface area is 159 Å². The molecule has 0 radical (unpaired) electrons. The zero-order valence-corrected chi connectivity index (χ0v) is 15.4. The number of hydrogen-bond donors (Lipinski definition) is 1. The minimum atomic E-state index is 0.389. The number of nitrogens with two attached hydrogens (primary N) is 1. The normalized spacial score (nSPS) is 14.9. The van der Waals surface area contributed by atoms with Gasteiger partial charge < -0.3 is 24.9 Å². The van der Waals surface area contributed by atoms with Crippen LogP contribution in [0.15, 0.2) is 42.5 Å². The molecule has 27 heavy (non-hydrogen) atoms. The molecule has 3 rings (SSSR count). The predicted octanol–water partition coefficient (Wildman–Crippen LogP) is 1.58. The summed E-state index contributed by atoms with van der Waals surface area (Å²) in [6.07, 6.45) is 0.947. The third-order valence-electron chi connectivity index (χ3n) is 4.48. The number of nitrogens with zero attached hydrogens (tertiary/aromatic N) is 3. The van der Waals surface area contributed by atoms with Crippen LogP contribution in [0.1, 0.15) is 5.56 Å². The Hall–Kier alpha value is -2.64. The summed E-state index contributed by atoms with van der Waals surface area (Å²) in [4.78, 5) is 19.5. The van der Waals surface area contributed by atoms with E-state index in [1.807, 2.05) is 42.5 Å². The maximum atomic E-state index is 10.6. The van der Waals surface area contributed by atoms with E-state index in [1.165, 1.54) is 0 Å². The standard InChI is InChI=1S/C20H26N4O3/c21-18-6-7-19(24-10-8-23(9-11-24)12-13-25)22-20(18)27-15-14-26-16-17-4-2-1-3-5-17/h1-7,13H,8-12,14-16,21H2. The Balaban J connectivity index is 1.46. The van der Waals surface area contributed by atoms with Crippen LogP contribution in [0.5, 0.6) is 5.88 Å². The van der Waals surface area contributed by atoms with Crippen LogP contribution in [0.25, 0.3) is 0 Å². The third-order valence-corrected chi connectivity index (χ3v) is 4.48. The fraction of sp³-hybridized carbons (Fsp3) is 0.400. The van der Waals surface area contributed by atoms with Crippen LogP contribution in [-0.2, 0) is 16.1 Å². The second kappa shape index (κ2) is 9.89. The van der Waals surface area contributed by atoms with Crippen LogP contribution in [0.3, 0.4) is 0 Å². The van der Waals surface area contributed by atoms with Crippen LogP contribution in [0.4, 0.5) is 11.5 Å². The number of anilines is 2. The minimum Gasteiger partial charge on any atom is -0.474 e. The van der Waals surface area contributed by atoms with Crippen molar-refractivity contribution in [3.05, 3.63) is 48.0 Å². The molecule has 1 fully saturated rings. The lowest BCUT2D eigenvalue weighted by Gasteiger charge is -2.34. The zero-order chi connectivity index (χ0) is 18.9. The SMILES string of the molecule is Nc1ccc(N2CCN(CC=O)CC2)nc1OCCOCc1ccccc1. The maximum absolute atomic E-state index is 10.6. The van der Waals surface area contributed by atoms with Crippen molar-refractivity contribution in [3.8, 4) is 5.88 Å². The summed E-state index contributed by atoms with van der Waals surface area (Å²) in [6, 6.07) is 13.7. The molecule has 0 spiro atoms. The highest BCUT2D eigenvalue weighted by atomic mass is 16.5. The van der Waals surface area contributed by atoms with E-state index in [1.54, 1.807) is 0 Å². The molecule has 1 aliphatic rings. The molecule has 2 aromatic rings. The number of benzene rings is 1. The minimum absolute atomic E-state index is 0.389. The number of pyridine rings is 1. The highest BCUT2D eigenvalue weighted by Gasteiger charge is 2.18. The lowest BCUT2D eigenvalue weighted by Crippen LogP contribution is -2.47. The van der Waals surface area contributed by atoms with E-state index < -0.39 is 0 Å². The number of hydrogen-bond acceptors (Lipinski definition) is 7. The molecule has 0 bridgehead atoms. The third kappa shape index (κ3) is 5.67. The van der Waals surface area contributed by atoms with Gasteiger partial charge in [-0.25, -0.2) is 0 Å². The topological polar surface area (TPSA) is 80.9 Å². The van der Waals surface area contributed by atoms with Gasteiger partial charge in [0.1, 0.15) is 18.7 Å². The van der Waals surface area contributed by atoms with Crippen LogP contribution < -0.4 is 15.4 Å². The molecule has 2 N–H and O–H groups in total. The average Bonchev–Trinajstić information content (AvgIpc) is 2.71. The van der Waals surface area contributed by atoms with Crippen LogP contribution >= 0.6 is 0 Å². The monoisotopic (exact) mass is 370 g/mol. The summed E-state index contributed by atoms with van der Waals surface area (Å²) in [6.45, 7) is 5.22. The van der Waals surface area contributed by atoms with Gasteiger partial charge in [0.25, 0.3) is 0 Å². The van der Waals surface area contributed by atoms with Gasteiger partial charge in [-0.05, 0) is 17.7 Å². The summed E-state index contributed by atoms with van der Waals surface area (Å²) in [5, 5.41) is 0. The average molecular weight is 370 g/mol. The first kappa shape index (κ1) is 19.1. The van der Waals surface area contributed by atoms with Crippen molar-refractivity contribution in [2.45, 2.75) is 6.61 Å². The van der Waals surface area contributed by atoms with E-state index in [4.69, 9.17) is 15.2 Å². The van der Waals surface area contributed by atoms with E-state index in [-0.39, 0.29) is 0 Å². The summed E-state index contributed by atoms with van der Waals surface area (Å²) in [5.41, 5.74) is 7.64. The first-order valence-corrected chi connectivity index (χ1v) is 9.18. The fourth-order valence-electron chi connectivity index (χ4n) is 2.96. The Morgan fingerprint density at radius 2 is 1.81 bits per heavy atom. The molecule has 0 saturated carbocycles. The number of ether oxygens (including phenoxy) is 2. The number of piperazine rings is 1. The molecule has 7 heteroatoms. The number of aldehydes is 1. The summed E-state index contributed by atoms with van der Waals surface area (Å²) < 4.78 is 11.3. The largest absolute Gasteiger partial charge is 0.474 e. The molecule has 1 aromatic heterocycles. The number of nitrogen functional groups attached to an aromatic ring is 1. The van der Waals surface area contributed by atoms with Crippen LogP contribution in [0, 0.1) is 0 Å². The number of rotatable bonds is 9. The Morgan fingerprint density at radius 1 is 1.04 bits per heavy atom. The lowest BCUT2D eigenvalue weighted by atomic mass is 10.2. The molecule has 1 aromatic carbocycles. The van der Waals surface area contributed by atoms with Crippen molar-refractivity contribution in [1.29, 1.82) is 0 Å². The molecule has 0 amide bonds. The van der Waals surface area contributed by atoms with Gasteiger partial charge in [-0.1, -0.05) is 30.3 Å². The van der Waals surface area contributed by atoms with Gasteiger partial charge in [-0.3, -0.25) is 4.90 Å². The van der Waals surface area contributed by atoms with Gasteiger partial charge in [0.05, 0.1) is 25.4 Å². The van der Waals surface area contributed by atoms with Crippen molar-refractivity contribution < 1.29 is 14.3 Å². The second-order valence-electron chi connectivity index (χ2n) is 6.40. The molecule has 0 aliphatic carbocycles. The van der Waals surface area contributed by atoms with Crippen molar-refractivity contribution in [2.24, 2.45) is 0 Å². The molecule has 144 valence electrons. The molecular formula is C20H26N4O3. The first-order chi connectivity index (χ1) is 13.3. The van der Waals surface area contributed by atoms with Crippen LogP contribution in [0.2, 0.25) is 0 Å². The molecule has 2 heterocycles. The molecule has 7 nitrogen and oxygen atoms in total. The van der Waals surface area contributed by atoms with Gasteiger partial charge in [0.2, 0.25) is 5.88 Å². The van der Waals surface area contributed by atoms with E-state index in [2.05, 4.69) is 14.8 Å². The van der Waals surface area contributed by atoms with E-state index in [9.17, 15) is 4.79 Å². The highest BCUT2D eigenvalue weighted by Crippen LogP contribution is 2.24. The van der Waals surface area contributed by atoms with Gasteiger partial charge in [0, 0.05) is 26.2 Å². The zero-order valence-electron chi connectivity index (χ0n) is 15.4. The molecular weight excluding hydrogens is 344 g/mol. The quantitative estimate of drug-likeness (QED) is 0.530. The molecule has 1 saturated heterocycles. The molecule has 0 atom stereocenters. The van der Waals surface area contributed by atoms with Gasteiger partial charge in [-0.15, -0.1) is 0 Å². The van der Waals surface area contributed by atoms with Crippen molar-refractivity contribution in [2.75, 3.05) is 56.6 Å². The smallest absolute Gasteiger partial charge is 0.239 e. The predicted molar refractivity (Wildman–Crippen MR) is 105 cm³/mol. The summed E-state index contributed by atoms with van der Waals surface area (Å²) >= 11 is 0. The first-order valence-electron chi connectivity index (χ1n) is 9.18. The van der Waals surface area contributed by atoms with E-state index in [0.29, 0.717) is 37.9 Å². The number of carbonyl (C=O) groups is 1.